The van der Waals surface area contributed by atoms with E-state index in [9.17, 15) is 14.7 Å². The van der Waals surface area contributed by atoms with Crippen molar-refractivity contribution in [2.75, 3.05) is 11.9 Å². The minimum absolute atomic E-state index is 0.169. The molecule has 0 saturated heterocycles. The van der Waals surface area contributed by atoms with Crippen LogP contribution in [0.1, 0.15) is 30.4 Å². The van der Waals surface area contributed by atoms with Gasteiger partial charge in [-0.3, -0.25) is 4.79 Å². The first kappa shape index (κ1) is 15.8. The number of nitrogens with one attached hydrogen (secondary N) is 2. The van der Waals surface area contributed by atoms with E-state index in [0.29, 0.717) is 18.5 Å². The fraction of sp³-hybridized carbons (Fsp3) is 0.467. The van der Waals surface area contributed by atoms with Crippen molar-refractivity contribution in [1.29, 1.82) is 0 Å². The number of rotatable bonds is 4. The lowest BCUT2D eigenvalue weighted by Crippen LogP contribution is -2.48. The summed E-state index contributed by atoms with van der Waals surface area (Å²) < 4.78 is 1.02. The largest absolute Gasteiger partial charge is 0.481 e. The molecular weight excluding hydrogens is 336 g/mol. The lowest BCUT2D eigenvalue weighted by Gasteiger charge is -2.37. The number of urea groups is 1. The Morgan fingerprint density at radius 1 is 1.29 bits per heavy atom. The maximum Gasteiger partial charge on any atom is 0.319 e. The number of hydrogen-bond donors (Lipinski definition) is 3. The van der Waals surface area contributed by atoms with E-state index in [1.54, 1.807) is 0 Å². The summed E-state index contributed by atoms with van der Waals surface area (Å²) >= 11 is 3.48. The van der Waals surface area contributed by atoms with Crippen molar-refractivity contribution in [2.45, 2.75) is 33.1 Å². The third-order valence-electron chi connectivity index (χ3n) is 4.05. The van der Waals surface area contributed by atoms with Crippen LogP contribution in [0.25, 0.3) is 0 Å². The Balaban J connectivity index is 1.95. The van der Waals surface area contributed by atoms with Gasteiger partial charge in [-0.25, -0.2) is 4.79 Å². The molecule has 0 spiro atoms. The third-order valence-corrected chi connectivity index (χ3v) is 5.30. The number of benzene rings is 1. The monoisotopic (exact) mass is 354 g/mol. The molecule has 114 valence electrons. The lowest BCUT2D eigenvalue weighted by atomic mass is 9.69. The number of carbonyl (C=O) groups excluding carboxylic acids is 1. The van der Waals surface area contributed by atoms with Crippen LogP contribution >= 0.6 is 15.9 Å². The van der Waals surface area contributed by atoms with Crippen LogP contribution in [0.3, 0.4) is 0 Å². The Morgan fingerprint density at radius 2 is 1.86 bits per heavy atom. The van der Waals surface area contributed by atoms with Gasteiger partial charge in [0.1, 0.15) is 0 Å². The summed E-state index contributed by atoms with van der Waals surface area (Å²) in [5, 5.41) is 14.6. The van der Waals surface area contributed by atoms with E-state index in [1.165, 1.54) is 0 Å². The van der Waals surface area contributed by atoms with E-state index in [2.05, 4.69) is 26.6 Å². The first-order valence-corrected chi connectivity index (χ1v) is 7.68. The van der Waals surface area contributed by atoms with Crippen LogP contribution in [-0.2, 0) is 4.79 Å². The number of amides is 2. The standard InChI is InChI=1S/C15H19BrN2O3/c1-9-6-11(7-10(2)12(9)16)18-14(21)17-8-15(13(19)20)4-3-5-15/h6-7H,3-5,8H2,1-2H3,(H,19,20)(H2,17,18,21). The van der Waals surface area contributed by atoms with Gasteiger partial charge in [0.2, 0.25) is 0 Å². The summed E-state index contributed by atoms with van der Waals surface area (Å²) in [7, 11) is 0. The van der Waals surface area contributed by atoms with Crippen LogP contribution in [0.4, 0.5) is 10.5 Å². The van der Waals surface area contributed by atoms with Crippen molar-refractivity contribution < 1.29 is 14.7 Å². The maximum absolute atomic E-state index is 11.9. The van der Waals surface area contributed by atoms with Crippen molar-refractivity contribution in [3.05, 3.63) is 27.7 Å². The highest BCUT2D eigenvalue weighted by molar-refractivity contribution is 9.10. The van der Waals surface area contributed by atoms with Gasteiger partial charge in [-0.2, -0.15) is 0 Å². The highest BCUT2D eigenvalue weighted by Gasteiger charge is 2.44. The predicted molar refractivity (Wildman–Crippen MR) is 84.6 cm³/mol. The number of hydrogen-bond acceptors (Lipinski definition) is 2. The second kappa shape index (κ2) is 6.05. The van der Waals surface area contributed by atoms with Gasteiger partial charge in [0.15, 0.2) is 0 Å². The molecule has 21 heavy (non-hydrogen) atoms. The van der Waals surface area contributed by atoms with Crippen molar-refractivity contribution in [1.82, 2.24) is 5.32 Å². The van der Waals surface area contributed by atoms with Crippen LogP contribution in [0.2, 0.25) is 0 Å². The summed E-state index contributed by atoms with van der Waals surface area (Å²) in [5.74, 6) is -0.829. The average Bonchev–Trinajstić information content (AvgIpc) is 2.34. The smallest absolute Gasteiger partial charge is 0.319 e. The molecule has 2 rings (SSSR count). The summed E-state index contributed by atoms with van der Waals surface area (Å²) in [6.45, 7) is 4.07. The van der Waals surface area contributed by atoms with Gasteiger partial charge in [-0.1, -0.05) is 22.4 Å². The van der Waals surface area contributed by atoms with Crippen LogP contribution in [-0.4, -0.2) is 23.7 Å². The minimum atomic E-state index is -0.829. The molecule has 1 fully saturated rings. The van der Waals surface area contributed by atoms with E-state index in [4.69, 9.17) is 0 Å². The van der Waals surface area contributed by atoms with Gasteiger partial charge < -0.3 is 15.7 Å². The normalized spacial score (nSPS) is 16.0. The van der Waals surface area contributed by atoms with Gasteiger partial charge in [-0.05, 0) is 49.9 Å². The fourth-order valence-corrected chi connectivity index (χ4v) is 2.74. The number of halogens is 1. The SMILES string of the molecule is Cc1cc(NC(=O)NCC2(C(=O)O)CCC2)cc(C)c1Br. The number of anilines is 1. The molecule has 0 bridgehead atoms. The molecule has 6 heteroatoms. The molecule has 0 aliphatic heterocycles. The molecule has 0 aromatic heterocycles. The molecule has 2 amide bonds. The van der Waals surface area contributed by atoms with Crippen molar-refractivity contribution in [3.63, 3.8) is 0 Å². The highest BCUT2D eigenvalue weighted by Crippen LogP contribution is 2.40. The topological polar surface area (TPSA) is 78.4 Å². The predicted octanol–water partition coefficient (Wildman–Crippen LogP) is 3.44. The summed E-state index contributed by atoms with van der Waals surface area (Å²) in [4.78, 5) is 23.1. The molecule has 1 aromatic carbocycles. The van der Waals surface area contributed by atoms with Gasteiger partial charge in [0.25, 0.3) is 0 Å². The van der Waals surface area contributed by atoms with Crippen molar-refractivity contribution >= 4 is 33.6 Å². The van der Waals surface area contributed by atoms with Crippen LogP contribution in [0, 0.1) is 19.3 Å². The van der Waals surface area contributed by atoms with Gasteiger partial charge in [0.05, 0.1) is 5.41 Å². The Hall–Kier alpha value is -1.56. The molecular formula is C15H19BrN2O3. The van der Waals surface area contributed by atoms with E-state index >= 15 is 0 Å². The van der Waals surface area contributed by atoms with Crippen LogP contribution < -0.4 is 10.6 Å². The zero-order chi connectivity index (χ0) is 15.6. The Labute approximate surface area is 132 Å². The number of aryl methyl sites for hydroxylation is 2. The molecule has 1 aromatic rings. The van der Waals surface area contributed by atoms with E-state index in [-0.39, 0.29) is 12.6 Å². The maximum atomic E-state index is 11.9. The molecule has 0 radical (unpaired) electrons. The molecule has 0 heterocycles. The summed E-state index contributed by atoms with van der Waals surface area (Å²) in [6, 6.07) is 3.36. The number of aliphatic carboxylic acids is 1. The van der Waals surface area contributed by atoms with Crippen molar-refractivity contribution in [3.8, 4) is 0 Å². The van der Waals surface area contributed by atoms with E-state index < -0.39 is 11.4 Å². The highest BCUT2D eigenvalue weighted by atomic mass is 79.9. The summed E-state index contributed by atoms with van der Waals surface area (Å²) in [5.41, 5.74) is 1.99. The fourth-order valence-electron chi connectivity index (χ4n) is 2.51. The van der Waals surface area contributed by atoms with Gasteiger partial charge >= 0.3 is 12.0 Å². The zero-order valence-corrected chi connectivity index (χ0v) is 13.7. The van der Waals surface area contributed by atoms with Gasteiger partial charge in [-0.15, -0.1) is 0 Å². The molecule has 3 N–H and O–H groups in total. The Morgan fingerprint density at radius 3 is 2.29 bits per heavy atom. The van der Waals surface area contributed by atoms with Crippen LogP contribution in [0.15, 0.2) is 16.6 Å². The first-order chi connectivity index (χ1) is 9.84. The minimum Gasteiger partial charge on any atom is -0.481 e. The molecule has 5 nitrogen and oxygen atoms in total. The second-order valence-electron chi connectivity index (χ2n) is 5.67. The lowest BCUT2D eigenvalue weighted by molar-refractivity contribution is -0.153. The van der Waals surface area contributed by atoms with E-state index in [1.807, 2.05) is 26.0 Å². The molecule has 1 saturated carbocycles. The second-order valence-corrected chi connectivity index (χ2v) is 6.46. The summed E-state index contributed by atoms with van der Waals surface area (Å²) in [6.07, 6.45) is 2.15. The quantitative estimate of drug-likeness (QED) is 0.774. The Kier molecular flexibility index (Phi) is 4.56. The number of carbonyl (C=O) groups is 2. The average molecular weight is 355 g/mol. The van der Waals surface area contributed by atoms with E-state index in [0.717, 1.165) is 22.0 Å². The van der Waals surface area contributed by atoms with Gasteiger partial charge in [0, 0.05) is 16.7 Å². The Bertz CT molecular complexity index is 559. The van der Waals surface area contributed by atoms with Crippen LogP contribution in [0.5, 0.6) is 0 Å². The van der Waals surface area contributed by atoms with Crippen molar-refractivity contribution in [2.24, 2.45) is 5.41 Å². The molecule has 1 aliphatic rings. The molecule has 1 aliphatic carbocycles. The number of carboxylic acids is 1. The molecule has 0 atom stereocenters. The zero-order valence-electron chi connectivity index (χ0n) is 12.1. The first-order valence-electron chi connectivity index (χ1n) is 6.89. The third kappa shape index (κ3) is 3.37. The molecule has 0 unspecified atom stereocenters. The number of carboxylic acid groups (broad SMARTS) is 1.